The molecule has 0 saturated heterocycles. The van der Waals surface area contributed by atoms with Gasteiger partial charge < -0.3 is 11.5 Å². The van der Waals surface area contributed by atoms with Gasteiger partial charge in [0.1, 0.15) is 6.33 Å². The largest absolute Gasteiger partial charge is 0.417 e. The molecule has 0 saturated carbocycles. The lowest BCUT2D eigenvalue weighted by atomic mass is 10.00. The number of benzene rings is 1. The summed E-state index contributed by atoms with van der Waals surface area (Å²) in [6.45, 7) is 0. The van der Waals surface area contributed by atoms with Gasteiger partial charge in [0.05, 0.1) is 16.9 Å². The quantitative estimate of drug-likeness (QED) is 0.765. The summed E-state index contributed by atoms with van der Waals surface area (Å²) in [5, 5.41) is 0. The number of nitrogens with two attached hydrogens (primary N) is 2. The Morgan fingerprint density at radius 3 is 2.06 bits per heavy atom. The second kappa shape index (κ2) is 4.17. The fourth-order valence-electron chi connectivity index (χ4n) is 1.54. The third kappa shape index (κ3) is 2.20. The van der Waals surface area contributed by atoms with Crippen LogP contribution in [0, 0.1) is 0 Å². The van der Waals surface area contributed by atoms with Crippen molar-refractivity contribution in [3.8, 4) is 11.1 Å². The van der Waals surface area contributed by atoms with Crippen molar-refractivity contribution in [2.45, 2.75) is 6.18 Å². The van der Waals surface area contributed by atoms with Crippen LogP contribution in [0.3, 0.4) is 0 Å². The summed E-state index contributed by atoms with van der Waals surface area (Å²) >= 11 is 0. The molecule has 2 rings (SSSR count). The van der Waals surface area contributed by atoms with Gasteiger partial charge in [0.15, 0.2) is 0 Å². The third-order valence-electron chi connectivity index (χ3n) is 2.40. The van der Waals surface area contributed by atoms with Crippen LogP contribution in [0.15, 0.2) is 30.9 Å². The Morgan fingerprint density at radius 1 is 0.944 bits per heavy atom. The summed E-state index contributed by atoms with van der Waals surface area (Å²) in [6, 6.07) is 1.99. The number of rotatable bonds is 1. The van der Waals surface area contributed by atoms with Gasteiger partial charge in [-0.1, -0.05) is 0 Å². The average molecular weight is 254 g/mol. The molecule has 4 nitrogen and oxygen atoms in total. The van der Waals surface area contributed by atoms with Crippen molar-refractivity contribution in [2.24, 2.45) is 0 Å². The van der Waals surface area contributed by atoms with Gasteiger partial charge >= 0.3 is 6.18 Å². The second-order valence-electron chi connectivity index (χ2n) is 3.65. The molecule has 2 aromatic rings. The number of nitrogen functional groups attached to an aromatic ring is 2. The Balaban J connectivity index is 2.70. The fourth-order valence-corrected chi connectivity index (χ4v) is 1.54. The van der Waals surface area contributed by atoms with Crippen molar-refractivity contribution < 1.29 is 13.2 Å². The molecule has 0 spiro atoms. The molecule has 0 aliphatic rings. The maximum absolute atomic E-state index is 12.9. The maximum Gasteiger partial charge on any atom is 0.417 e. The molecule has 1 heterocycles. The number of alkyl halides is 3. The molecule has 94 valence electrons. The molecular formula is C11H9F3N4. The van der Waals surface area contributed by atoms with Crippen molar-refractivity contribution in [1.29, 1.82) is 0 Å². The molecule has 4 N–H and O–H groups in total. The van der Waals surface area contributed by atoms with Crippen molar-refractivity contribution in [1.82, 2.24) is 9.97 Å². The predicted molar refractivity (Wildman–Crippen MR) is 61.3 cm³/mol. The Kier molecular flexibility index (Phi) is 2.82. The summed E-state index contributed by atoms with van der Waals surface area (Å²) in [5.41, 5.74) is 10.2. The highest BCUT2D eigenvalue weighted by molar-refractivity contribution is 5.77. The van der Waals surface area contributed by atoms with Crippen LogP contribution in [0.5, 0.6) is 0 Å². The Morgan fingerprint density at radius 2 is 1.50 bits per heavy atom. The number of anilines is 2. The van der Waals surface area contributed by atoms with Crippen LogP contribution >= 0.6 is 0 Å². The van der Waals surface area contributed by atoms with Gasteiger partial charge in [-0.2, -0.15) is 13.2 Å². The minimum Gasteiger partial charge on any atom is -0.397 e. The van der Waals surface area contributed by atoms with E-state index in [4.69, 9.17) is 11.5 Å². The molecule has 0 fully saturated rings. The van der Waals surface area contributed by atoms with E-state index in [1.165, 1.54) is 24.8 Å². The van der Waals surface area contributed by atoms with E-state index in [1.54, 1.807) is 0 Å². The third-order valence-corrected chi connectivity index (χ3v) is 2.40. The van der Waals surface area contributed by atoms with E-state index in [2.05, 4.69) is 9.97 Å². The maximum atomic E-state index is 12.9. The minimum atomic E-state index is -4.52. The van der Waals surface area contributed by atoms with Crippen molar-refractivity contribution in [3.63, 3.8) is 0 Å². The summed E-state index contributed by atoms with van der Waals surface area (Å²) in [6.07, 6.45) is -0.717. The van der Waals surface area contributed by atoms with E-state index < -0.39 is 11.7 Å². The predicted octanol–water partition coefficient (Wildman–Crippen LogP) is 2.33. The lowest BCUT2D eigenvalue weighted by molar-refractivity contribution is -0.137. The molecule has 0 aliphatic heterocycles. The van der Waals surface area contributed by atoms with Crippen molar-refractivity contribution in [3.05, 3.63) is 36.4 Å². The molecule has 0 radical (unpaired) electrons. The lowest BCUT2D eigenvalue weighted by Crippen LogP contribution is -2.09. The Labute approximate surface area is 100 Å². The first-order valence-corrected chi connectivity index (χ1v) is 4.91. The zero-order chi connectivity index (χ0) is 13.3. The van der Waals surface area contributed by atoms with E-state index >= 15 is 0 Å². The first-order chi connectivity index (χ1) is 8.39. The van der Waals surface area contributed by atoms with E-state index in [-0.39, 0.29) is 22.5 Å². The molecule has 1 aromatic heterocycles. The molecule has 7 heteroatoms. The van der Waals surface area contributed by atoms with Crippen molar-refractivity contribution in [2.75, 3.05) is 11.5 Å². The van der Waals surface area contributed by atoms with Gasteiger partial charge in [0, 0.05) is 18.0 Å². The van der Waals surface area contributed by atoms with Crippen LogP contribution in [0.4, 0.5) is 24.5 Å². The van der Waals surface area contributed by atoms with Gasteiger partial charge in [0.2, 0.25) is 0 Å². The number of aromatic nitrogens is 2. The first kappa shape index (κ1) is 12.2. The van der Waals surface area contributed by atoms with Crippen molar-refractivity contribution >= 4 is 11.4 Å². The number of halogens is 3. The standard InChI is InChI=1S/C11H9F3N4/c12-11(13,14)8-2-10(16)9(15)1-7(8)6-3-17-5-18-4-6/h1-5H,15-16H2. The lowest BCUT2D eigenvalue weighted by Gasteiger charge is -2.14. The minimum absolute atomic E-state index is 0.0850. The van der Waals surface area contributed by atoms with Gasteiger partial charge in [-0.05, 0) is 17.7 Å². The monoisotopic (exact) mass is 254 g/mol. The molecule has 0 bridgehead atoms. The van der Waals surface area contributed by atoms with Gasteiger partial charge in [-0.15, -0.1) is 0 Å². The molecule has 1 aromatic carbocycles. The van der Waals surface area contributed by atoms with E-state index in [0.29, 0.717) is 0 Å². The van der Waals surface area contributed by atoms with E-state index in [0.717, 1.165) is 6.07 Å². The summed E-state index contributed by atoms with van der Waals surface area (Å²) in [7, 11) is 0. The fraction of sp³-hybridized carbons (Fsp3) is 0.0909. The SMILES string of the molecule is Nc1cc(-c2cncnc2)c(C(F)(F)F)cc1N. The molecule has 0 aliphatic carbocycles. The van der Waals surface area contributed by atoms with Gasteiger partial charge in [-0.25, -0.2) is 9.97 Å². The van der Waals surface area contributed by atoms with Crippen LogP contribution < -0.4 is 11.5 Å². The molecular weight excluding hydrogens is 245 g/mol. The highest BCUT2D eigenvalue weighted by Gasteiger charge is 2.34. The first-order valence-electron chi connectivity index (χ1n) is 4.91. The molecule has 18 heavy (non-hydrogen) atoms. The number of nitrogens with zero attached hydrogens (tertiary/aromatic N) is 2. The zero-order valence-corrected chi connectivity index (χ0v) is 9.07. The van der Waals surface area contributed by atoms with Crippen LogP contribution in [0.2, 0.25) is 0 Å². The highest BCUT2D eigenvalue weighted by atomic mass is 19.4. The van der Waals surface area contributed by atoms with E-state index in [9.17, 15) is 13.2 Å². The zero-order valence-electron chi connectivity index (χ0n) is 9.07. The number of hydrogen-bond donors (Lipinski definition) is 2. The summed E-state index contributed by atoms with van der Waals surface area (Å²) in [4.78, 5) is 7.37. The smallest absolute Gasteiger partial charge is 0.397 e. The molecule has 0 amide bonds. The van der Waals surface area contributed by atoms with Gasteiger partial charge in [-0.3, -0.25) is 0 Å². The number of hydrogen-bond acceptors (Lipinski definition) is 4. The second-order valence-corrected chi connectivity index (χ2v) is 3.65. The summed E-state index contributed by atoms with van der Waals surface area (Å²) < 4.78 is 38.7. The van der Waals surface area contributed by atoms with Crippen LogP contribution in [-0.2, 0) is 6.18 Å². The Bertz CT molecular complexity index is 566. The normalized spacial score (nSPS) is 11.5. The van der Waals surface area contributed by atoms with Crippen LogP contribution in [0.1, 0.15) is 5.56 Å². The molecule has 0 unspecified atom stereocenters. The molecule has 0 atom stereocenters. The average Bonchev–Trinajstić information content (AvgIpc) is 2.32. The topological polar surface area (TPSA) is 77.8 Å². The Hall–Kier alpha value is -2.31. The van der Waals surface area contributed by atoms with Gasteiger partial charge in [0.25, 0.3) is 0 Å². The van der Waals surface area contributed by atoms with E-state index in [1.807, 2.05) is 0 Å². The van der Waals surface area contributed by atoms with Crippen LogP contribution in [0.25, 0.3) is 11.1 Å². The van der Waals surface area contributed by atoms with Crippen LogP contribution in [-0.4, -0.2) is 9.97 Å². The summed E-state index contributed by atoms with van der Waals surface area (Å²) in [5.74, 6) is 0. The highest BCUT2D eigenvalue weighted by Crippen LogP contribution is 2.39.